The zero-order chi connectivity index (χ0) is 16.1. The molecule has 1 aromatic rings. The molecule has 118 valence electrons. The molecule has 0 saturated carbocycles. The number of halogens is 1. The van der Waals surface area contributed by atoms with Crippen LogP contribution in [-0.4, -0.2) is 42.4 Å². The van der Waals surface area contributed by atoms with Gasteiger partial charge in [0.2, 0.25) is 5.91 Å². The van der Waals surface area contributed by atoms with E-state index in [4.69, 9.17) is 11.6 Å². The molecule has 1 unspecified atom stereocenters. The second-order valence-electron chi connectivity index (χ2n) is 4.98. The molecule has 0 saturated heterocycles. The zero-order valence-electron chi connectivity index (χ0n) is 12.7. The van der Waals surface area contributed by atoms with Crippen molar-refractivity contribution in [2.45, 2.75) is 19.9 Å². The Kier molecular flexibility index (Phi) is 5.57. The number of nitrogens with one attached hydrogen (secondary N) is 2. The molecule has 1 aliphatic heterocycles. The fourth-order valence-corrected chi connectivity index (χ4v) is 2.47. The average molecular weight is 322 g/mol. The summed E-state index contributed by atoms with van der Waals surface area (Å²) in [7, 11) is 0. The first-order valence-electron chi connectivity index (χ1n) is 7.36. The van der Waals surface area contributed by atoms with Gasteiger partial charge in [-0.3, -0.25) is 14.9 Å². The average Bonchev–Trinajstić information content (AvgIpc) is 3.05. The maximum Gasteiger partial charge on any atom is 0.253 e. The van der Waals surface area contributed by atoms with Crippen LogP contribution in [-0.2, 0) is 4.79 Å². The van der Waals surface area contributed by atoms with Gasteiger partial charge >= 0.3 is 0 Å². The zero-order valence-corrected chi connectivity index (χ0v) is 13.5. The van der Waals surface area contributed by atoms with Gasteiger partial charge < -0.3 is 10.2 Å². The second-order valence-corrected chi connectivity index (χ2v) is 5.38. The lowest BCUT2D eigenvalue weighted by Gasteiger charge is -2.19. The lowest BCUT2D eigenvalue weighted by Crippen LogP contribution is -2.36. The first-order chi connectivity index (χ1) is 10.6. The summed E-state index contributed by atoms with van der Waals surface area (Å²) < 4.78 is 0. The third kappa shape index (κ3) is 3.67. The lowest BCUT2D eigenvalue weighted by molar-refractivity contribution is -0.116. The van der Waals surface area contributed by atoms with Crippen LogP contribution >= 0.6 is 11.6 Å². The Morgan fingerprint density at radius 2 is 2.09 bits per heavy atom. The van der Waals surface area contributed by atoms with Crippen molar-refractivity contribution in [1.82, 2.24) is 10.2 Å². The van der Waals surface area contributed by atoms with Gasteiger partial charge in [-0.15, -0.1) is 0 Å². The minimum Gasteiger partial charge on any atom is -0.339 e. The summed E-state index contributed by atoms with van der Waals surface area (Å²) in [5.74, 6) is -0.265. The summed E-state index contributed by atoms with van der Waals surface area (Å²) >= 11 is 6.12. The van der Waals surface area contributed by atoms with Crippen molar-refractivity contribution >= 4 is 29.1 Å². The molecule has 2 N–H and O–H groups in total. The van der Waals surface area contributed by atoms with Crippen LogP contribution in [0.3, 0.4) is 0 Å². The molecule has 1 heterocycles. The Balaban J connectivity index is 2.17. The molecule has 5 nitrogen and oxygen atoms in total. The number of nitrogens with zero attached hydrogens (tertiary/aromatic N) is 1. The summed E-state index contributed by atoms with van der Waals surface area (Å²) in [4.78, 5) is 26.2. The molecule has 1 aliphatic rings. The quantitative estimate of drug-likeness (QED) is 0.818. The largest absolute Gasteiger partial charge is 0.339 e. The highest BCUT2D eigenvalue weighted by molar-refractivity contribution is 6.34. The molecule has 6 heteroatoms. The first kappa shape index (κ1) is 16.5. The number of amides is 2. The van der Waals surface area contributed by atoms with Crippen molar-refractivity contribution in [3.05, 3.63) is 40.9 Å². The van der Waals surface area contributed by atoms with Crippen molar-refractivity contribution in [2.75, 3.05) is 25.0 Å². The minimum atomic E-state index is -0.363. The predicted molar refractivity (Wildman–Crippen MR) is 88.3 cm³/mol. The van der Waals surface area contributed by atoms with Crippen molar-refractivity contribution in [3.8, 4) is 0 Å². The number of hydrogen-bond acceptors (Lipinski definition) is 3. The predicted octanol–water partition coefficient (Wildman–Crippen LogP) is 2.29. The Morgan fingerprint density at radius 1 is 1.36 bits per heavy atom. The fourth-order valence-electron chi connectivity index (χ4n) is 2.31. The molecule has 2 amide bonds. The van der Waals surface area contributed by atoms with E-state index in [1.165, 1.54) is 0 Å². The van der Waals surface area contributed by atoms with Crippen LogP contribution in [0.15, 0.2) is 30.4 Å². The lowest BCUT2D eigenvalue weighted by atomic mass is 10.1. The molecule has 0 aliphatic carbocycles. The summed E-state index contributed by atoms with van der Waals surface area (Å²) in [5.41, 5.74) is 0.963. The summed E-state index contributed by atoms with van der Waals surface area (Å²) in [6.07, 6.45) is 3.69. The van der Waals surface area contributed by atoms with Crippen molar-refractivity contribution < 1.29 is 9.59 Å². The SMILES string of the molecule is CCN(CC)C(=O)c1ccc(Cl)c(NC(=O)C2C=CCN2)c1. The van der Waals surface area contributed by atoms with Crippen molar-refractivity contribution in [3.63, 3.8) is 0 Å². The van der Waals surface area contributed by atoms with Gasteiger partial charge in [0, 0.05) is 25.2 Å². The summed E-state index contributed by atoms with van der Waals surface area (Å²) in [5, 5.41) is 6.20. The molecule has 0 aromatic heterocycles. The standard InChI is InChI=1S/C16H20ClN3O2/c1-3-20(4-2)16(22)11-7-8-12(17)14(10-11)19-15(21)13-6-5-9-18-13/h5-8,10,13,18H,3-4,9H2,1-2H3,(H,19,21). The molecule has 22 heavy (non-hydrogen) atoms. The van der Waals surface area contributed by atoms with Crippen LogP contribution in [0.4, 0.5) is 5.69 Å². The Hall–Kier alpha value is -1.85. The van der Waals surface area contributed by atoms with Gasteiger partial charge in [0.05, 0.1) is 10.7 Å². The number of carbonyl (C=O) groups is 2. The van der Waals surface area contributed by atoms with Crippen LogP contribution < -0.4 is 10.6 Å². The van der Waals surface area contributed by atoms with E-state index in [0.717, 1.165) is 0 Å². The van der Waals surface area contributed by atoms with Crippen LogP contribution in [0.25, 0.3) is 0 Å². The maximum atomic E-state index is 12.4. The summed E-state index contributed by atoms with van der Waals surface area (Å²) in [6, 6.07) is 4.57. The number of carbonyl (C=O) groups excluding carboxylic acids is 2. The van der Waals surface area contributed by atoms with Gasteiger partial charge in [0.1, 0.15) is 6.04 Å². The van der Waals surface area contributed by atoms with Gasteiger partial charge in [-0.25, -0.2) is 0 Å². The fraction of sp³-hybridized carbons (Fsp3) is 0.375. The molecular weight excluding hydrogens is 302 g/mol. The van der Waals surface area contributed by atoms with Gasteiger partial charge in [-0.1, -0.05) is 23.8 Å². The topological polar surface area (TPSA) is 61.4 Å². The van der Waals surface area contributed by atoms with Crippen LogP contribution in [0.5, 0.6) is 0 Å². The van der Waals surface area contributed by atoms with E-state index in [-0.39, 0.29) is 17.9 Å². The monoisotopic (exact) mass is 321 g/mol. The maximum absolute atomic E-state index is 12.4. The number of anilines is 1. The van der Waals surface area contributed by atoms with E-state index in [2.05, 4.69) is 10.6 Å². The number of rotatable bonds is 5. The van der Waals surface area contributed by atoms with E-state index in [1.54, 1.807) is 29.2 Å². The second kappa shape index (κ2) is 7.42. The minimum absolute atomic E-state index is 0.0731. The van der Waals surface area contributed by atoms with E-state index < -0.39 is 0 Å². The van der Waals surface area contributed by atoms with Crippen LogP contribution in [0.2, 0.25) is 5.02 Å². The highest BCUT2D eigenvalue weighted by Gasteiger charge is 2.20. The van der Waals surface area contributed by atoms with E-state index in [0.29, 0.717) is 35.9 Å². The molecule has 0 spiro atoms. The summed E-state index contributed by atoms with van der Waals surface area (Å²) in [6.45, 7) is 5.80. The highest BCUT2D eigenvalue weighted by atomic mass is 35.5. The van der Waals surface area contributed by atoms with E-state index in [9.17, 15) is 9.59 Å². The molecule has 0 fully saturated rings. The normalized spacial score (nSPS) is 16.6. The molecule has 1 atom stereocenters. The first-order valence-corrected chi connectivity index (χ1v) is 7.74. The van der Waals surface area contributed by atoms with Gasteiger partial charge in [0.25, 0.3) is 5.91 Å². The third-order valence-corrected chi connectivity index (χ3v) is 3.92. The van der Waals surface area contributed by atoms with E-state index in [1.807, 2.05) is 19.9 Å². The van der Waals surface area contributed by atoms with E-state index >= 15 is 0 Å². The molecule has 0 radical (unpaired) electrons. The van der Waals surface area contributed by atoms with Gasteiger partial charge in [-0.2, -0.15) is 0 Å². The Morgan fingerprint density at radius 3 is 2.68 bits per heavy atom. The molecular formula is C16H20ClN3O2. The Bertz CT molecular complexity index is 597. The molecule has 0 bridgehead atoms. The van der Waals surface area contributed by atoms with Crippen molar-refractivity contribution in [2.24, 2.45) is 0 Å². The Labute approximate surface area is 135 Å². The molecule has 1 aromatic carbocycles. The smallest absolute Gasteiger partial charge is 0.253 e. The number of hydrogen-bond donors (Lipinski definition) is 2. The van der Waals surface area contributed by atoms with Crippen molar-refractivity contribution in [1.29, 1.82) is 0 Å². The van der Waals surface area contributed by atoms with Gasteiger partial charge in [-0.05, 0) is 32.0 Å². The number of benzene rings is 1. The van der Waals surface area contributed by atoms with Gasteiger partial charge in [0.15, 0.2) is 0 Å². The van der Waals surface area contributed by atoms with Crippen LogP contribution in [0.1, 0.15) is 24.2 Å². The molecule has 2 rings (SSSR count). The highest BCUT2D eigenvalue weighted by Crippen LogP contribution is 2.24. The van der Waals surface area contributed by atoms with Crippen LogP contribution in [0, 0.1) is 0 Å². The third-order valence-electron chi connectivity index (χ3n) is 3.59.